The summed E-state index contributed by atoms with van der Waals surface area (Å²) in [5.41, 5.74) is 3.25. The van der Waals surface area contributed by atoms with Gasteiger partial charge in [-0.2, -0.15) is 0 Å². The van der Waals surface area contributed by atoms with Crippen LogP contribution >= 0.6 is 0 Å². The van der Waals surface area contributed by atoms with Crippen LogP contribution in [0.25, 0.3) is 0 Å². The fraction of sp³-hybridized carbons (Fsp3) is 0.667. The highest BCUT2D eigenvalue weighted by molar-refractivity contribution is 5.28. The monoisotopic (exact) mass is 252 g/mol. The molecule has 0 saturated carbocycles. The lowest BCUT2D eigenvalue weighted by Crippen LogP contribution is -2.34. The van der Waals surface area contributed by atoms with E-state index in [0.717, 1.165) is 18.5 Å². The quantitative estimate of drug-likeness (QED) is 0.619. The van der Waals surface area contributed by atoms with Crippen molar-refractivity contribution >= 4 is 5.82 Å². The Morgan fingerprint density at radius 2 is 2.06 bits per heavy atom. The molecular formula is C12H20N4O2. The zero-order valence-electron chi connectivity index (χ0n) is 10.8. The van der Waals surface area contributed by atoms with Gasteiger partial charge in [-0.15, -0.1) is 0 Å². The first-order valence-corrected chi connectivity index (χ1v) is 6.22. The van der Waals surface area contributed by atoms with Crippen molar-refractivity contribution in [2.24, 2.45) is 5.84 Å². The van der Waals surface area contributed by atoms with Gasteiger partial charge in [0.15, 0.2) is 5.82 Å². The zero-order chi connectivity index (χ0) is 13.0. The molecule has 6 heteroatoms. The number of aromatic nitrogens is 2. The van der Waals surface area contributed by atoms with E-state index < -0.39 is 0 Å². The zero-order valence-corrected chi connectivity index (χ0v) is 10.8. The van der Waals surface area contributed by atoms with E-state index in [9.17, 15) is 0 Å². The maximum absolute atomic E-state index is 5.85. The summed E-state index contributed by atoms with van der Waals surface area (Å²) in [5.74, 6) is 5.77. The van der Waals surface area contributed by atoms with E-state index >= 15 is 0 Å². The predicted octanol–water partition coefficient (Wildman–Crippen LogP) is 1.23. The highest BCUT2D eigenvalue weighted by Crippen LogP contribution is 2.22. The van der Waals surface area contributed by atoms with E-state index in [4.69, 9.17) is 15.3 Å². The number of nitrogens with one attached hydrogen (secondary N) is 1. The smallest absolute Gasteiger partial charge is 0.158 e. The molecule has 0 aromatic carbocycles. The van der Waals surface area contributed by atoms with Crippen molar-refractivity contribution in [2.75, 3.05) is 5.43 Å². The highest BCUT2D eigenvalue weighted by atomic mass is 16.5. The summed E-state index contributed by atoms with van der Waals surface area (Å²) < 4.78 is 11.5. The number of hydrogen-bond donors (Lipinski definition) is 2. The summed E-state index contributed by atoms with van der Waals surface area (Å²) in [6.45, 7) is 4.63. The van der Waals surface area contributed by atoms with Gasteiger partial charge < -0.3 is 14.9 Å². The Morgan fingerprint density at radius 1 is 1.33 bits per heavy atom. The SMILES string of the molecule is CC1CC(OCc2cnc(NN)cn2)CC(C)O1. The molecule has 0 aliphatic carbocycles. The Balaban J connectivity index is 1.83. The summed E-state index contributed by atoms with van der Waals surface area (Å²) in [5, 5.41) is 0. The molecular weight excluding hydrogens is 232 g/mol. The second kappa shape index (κ2) is 6.08. The molecule has 3 N–H and O–H groups in total. The van der Waals surface area contributed by atoms with Crippen LogP contribution in [0.4, 0.5) is 5.82 Å². The molecule has 1 aliphatic heterocycles. The first-order chi connectivity index (χ1) is 8.67. The minimum Gasteiger partial charge on any atom is -0.375 e. The van der Waals surface area contributed by atoms with Crippen LogP contribution in [0, 0.1) is 0 Å². The Hall–Kier alpha value is -1.24. The van der Waals surface area contributed by atoms with Gasteiger partial charge in [0.2, 0.25) is 0 Å². The molecule has 2 heterocycles. The molecule has 0 radical (unpaired) electrons. The van der Waals surface area contributed by atoms with E-state index in [1.54, 1.807) is 12.4 Å². The minimum atomic E-state index is 0.234. The molecule has 1 aromatic rings. The summed E-state index contributed by atoms with van der Waals surface area (Å²) in [4.78, 5) is 8.30. The molecule has 1 saturated heterocycles. The molecule has 1 fully saturated rings. The summed E-state index contributed by atoms with van der Waals surface area (Å²) in [6, 6.07) is 0. The first kappa shape index (κ1) is 13.2. The van der Waals surface area contributed by atoms with Crippen molar-refractivity contribution in [1.82, 2.24) is 9.97 Å². The van der Waals surface area contributed by atoms with Crippen molar-refractivity contribution in [3.8, 4) is 0 Å². The molecule has 18 heavy (non-hydrogen) atoms. The second-order valence-electron chi connectivity index (χ2n) is 4.70. The summed E-state index contributed by atoms with van der Waals surface area (Å²) >= 11 is 0. The number of rotatable bonds is 4. The number of nitrogen functional groups attached to an aromatic ring is 1. The third kappa shape index (κ3) is 3.63. The number of nitrogens with two attached hydrogens (primary N) is 1. The van der Waals surface area contributed by atoms with Crippen LogP contribution in [0.15, 0.2) is 12.4 Å². The van der Waals surface area contributed by atoms with E-state index in [1.807, 2.05) is 0 Å². The first-order valence-electron chi connectivity index (χ1n) is 6.22. The van der Waals surface area contributed by atoms with Crippen LogP contribution in [0.3, 0.4) is 0 Å². The van der Waals surface area contributed by atoms with E-state index in [0.29, 0.717) is 12.4 Å². The number of nitrogens with zero attached hydrogens (tertiary/aromatic N) is 2. The fourth-order valence-corrected chi connectivity index (χ4v) is 2.19. The van der Waals surface area contributed by atoms with Gasteiger partial charge in [-0.3, -0.25) is 4.98 Å². The van der Waals surface area contributed by atoms with Gasteiger partial charge in [0, 0.05) is 0 Å². The molecule has 1 aromatic heterocycles. The summed E-state index contributed by atoms with van der Waals surface area (Å²) in [7, 11) is 0. The standard InChI is InChI=1S/C12H20N4O2/c1-8-3-11(4-9(2)18-8)17-7-10-5-15-12(16-13)6-14-10/h5-6,8-9,11H,3-4,7,13H2,1-2H3,(H,15,16). The van der Waals surface area contributed by atoms with Crippen molar-refractivity contribution in [2.45, 2.75) is 51.6 Å². The average Bonchev–Trinajstić information content (AvgIpc) is 2.36. The Bertz CT molecular complexity index is 361. The maximum Gasteiger partial charge on any atom is 0.158 e. The molecule has 0 amide bonds. The lowest BCUT2D eigenvalue weighted by Gasteiger charge is -2.31. The molecule has 2 atom stereocenters. The molecule has 0 bridgehead atoms. The van der Waals surface area contributed by atoms with Crippen LogP contribution in [0.5, 0.6) is 0 Å². The largest absolute Gasteiger partial charge is 0.375 e. The van der Waals surface area contributed by atoms with Gasteiger partial charge in [0.25, 0.3) is 0 Å². The van der Waals surface area contributed by atoms with Gasteiger partial charge >= 0.3 is 0 Å². The number of hydrogen-bond acceptors (Lipinski definition) is 6. The third-order valence-corrected chi connectivity index (χ3v) is 2.97. The number of hydrazine groups is 1. The van der Waals surface area contributed by atoms with E-state index in [2.05, 4.69) is 29.2 Å². The fourth-order valence-electron chi connectivity index (χ4n) is 2.19. The topological polar surface area (TPSA) is 82.3 Å². The molecule has 2 rings (SSSR count). The van der Waals surface area contributed by atoms with Crippen LogP contribution in [0.2, 0.25) is 0 Å². The minimum absolute atomic E-state index is 0.234. The Kier molecular flexibility index (Phi) is 4.46. The third-order valence-electron chi connectivity index (χ3n) is 2.97. The predicted molar refractivity (Wildman–Crippen MR) is 67.7 cm³/mol. The molecule has 2 unspecified atom stereocenters. The van der Waals surface area contributed by atoms with Crippen molar-refractivity contribution in [3.63, 3.8) is 0 Å². The average molecular weight is 252 g/mol. The van der Waals surface area contributed by atoms with Crippen molar-refractivity contribution < 1.29 is 9.47 Å². The number of ether oxygens (including phenoxy) is 2. The molecule has 100 valence electrons. The van der Waals surface area contributed by atoms with Gasteiger partial charge in [0.1, 0.15) is 0 Å². The van der Waals surface area contributed by atoms with Gasteiger partial charge in [0.05, 0.1) is 43.0 Å². The maximum atomic E-state index is 5.85. The van der Waals surface area contributed by atoms with Gasteiger partial charge in [-0.25, -0.2) is 10.8 Å². The lowest BCUT2D eigenvalue weighted by molar-refractivity contribution is -0.106. The van der Waals surface area contributed by atoms with Crippen LogP contribution in [-0.4, -0.2) is 28.3 Å². The highest BCUT2D eigenvalue weighted by Gasteiger charge is 2.24. The van der Waals surface area contributed by atoms with Gasteiger partial charge in [-0.1, -0.05) is 0 Å². The van der Waals surface area contributed by atoms with Crippen LogP contribution in [0.1, 0.15) is 32.4 Å². The summed E-state index contributed by atoms with van der Waals surface area (Å²) in [6.07, 6.45) is 5.87. The second-order valence-corrected chi connectivity index (χ2v) is 4.70. The van der Waals surface area contributed by atoms with Crippen molar-refractivity contribution in [1.29, 1.82) is 0 Å². The lowest BCUT2D eigenvalue weighted by atomic mass is 10.0. The normalized spacial score (nSPS) is 28.1. The Morgan fingerprint density at radius 3 is 2.61 bits per heavy atom. The molecule has 0 spiro atoms. The van der Waals surface area contributed by atoms with Crippen LogP contribution < -0.4 is 11.3 Å². The molecule has 6 nitrogen and oxygen atoms in total. The Labute approximate surface area is 107 Å². The van der Waals surface area contributed by atoms with Crippen molar-refractivity contribution in [3.05, 3.63) is 18.1 Å². The van der Waals surface area contributed by atoms with E-state index in [1.165, 1.54) is 0 Å². The number of anilines is 1. The van der Waals surface area contributed by atoms with E-state index in [-0.39, 0.29) is 18.3 Å². The molecule has 1 aliphatic rings. The van der Waals surface area contributed by atoms with Gasteiger partial charge in [-0.05, 0) is 26.7 Å². The van der Waals surface area contributed by atoms with Crippen LogP contribution in [-0.2, 0) is 16.1 Å².